The molecular weight excluding hydrogens is 162 g/mol. The summed E-state index contributed by atoms with van der Waals surface area (Å²) in [5, 5.41) is 12.3. The molecule has 0 aromatic rings. The Kier molecular flexibility index (Phi) is 4.20. The van der Waals surface area contributed by atoms with Crippen molar-refractivity contribution in [3.63, 3.8) is 0 Å². The van der Waals surface area contributed by atoms with Crippen LogP contribution in [0.15, 0.2) is 0 Å². The van der Waals surface area contributed by atoms with Gasteiger partial charge in [-0.05, 0) is 31.1 Å². The smallest absolute Gasteiger partial charge is 0.0431 e. The molecule has 0 atom stereocenters. The Morgan fingerprint density at radius 3 is 2.54 bits per heavy atom. The van der Waals surface area contributed by atoms with Gasteiger partial charge < -0.3 is 10.4 Å². The van der Waals surface area contributed by atoms with Crippen LogP contribution in [0.25, 0.3) is 0 Å². The normalized spacial score (nSPS) is 18.7. The highest BCUT2D eigenvalue weighted by atomic mass is 16.2. The molecule has 2 nitrogen and oxygen atoms in total. The Labute approximate surface area is 81.7 Å². The van der Waals surface area contributed by atoms with Crippen LogP contribution in [-0.4, -0.2) is 24.3 Å². The van der Waals surface area contributed by atoms with Crippen LogP contribution in [0.4, 0.5) is 0 Å². The Morgan fingerprint density at radius 1 is 1.38 bits per heavy atom. The predicted octanol–water partition coefficient (Wildman–Crippen LogP) is 1.93. The van der Waals surface area contributed by atoms with Crippen LogP contribution in [0.3, 0.4) is 0 Å². The van der Waals surface area contributed by atoms with Gasteiger partial charge in [-0.1, -0.05) is 20.3 Å². The van der Waals surface area contributed by atoms with Gasteiger partial charge in [0.2, 0.25) is 0 Å². The van der Waals surface area contributed by atoms with Crippen molar-refractivity contribution in [3.8, 4) is 0 Å². The molecule has 0 bridgehead atoms. The van der Waals surface area contributed by atoms with Crippen molar-refractivity contribution in [2.45, 2.75) is 52.0 Å². The standard InChI is InChI=1S/C11H23NO/c1-11(2,7-4-8-13)9-12-10-5-3-6-10/h10,12-13H,3-9H2,1-2H3. The summed E-state index contributed by atoms with van der Waals surface area (Å²) in [6, 6.07) is 0.786. The maximum Gasteiger partial charge on any atom is 0.0431 e. The van der Waals surface area contributed by atoms with Crippen molar-refractivity contribution < 1.29 is 5.11 Å². The molecule has 13 heavy (non-hydrogen) atoms. The summed E-state index contributed by atoms with van der Waals surface area (Å²) in [4.78, 5) is 0. The molecule has 1 aliphatic carbocycles. The lowest BCUT2D eigenvalue weighted by atomic mass is 9.86. The lowest BCUT2D eigenvalue weighted by Crippen LogP contribution is -2.40. The first-order valence-electron chi connectivity index (χ1n) is 5.48. The van der Waals surface area contributed by atoms with Crippen LogP contribution < -0.4 is 5.32 Å². The van der Waals surface area contributed by atoms with Crippen molar-refractivity contribution in [1.29, 1.82) is 0 Å². The lowest BCUT2D eigenvalue weighted by Gasteiger charge is -2.32. The molecule has 0 radical (unpaired) electrons. The van der Waals surface area contributed by atoms with E-state index >= 15 is 0 Å². The number of nitrogens with one attached hydrogen (secondary N) is 1. The van der Waals surface area contributed by atoms with E-state index in [2.05, 4.69) is 19.2 Å². The zero-order valence-electron chi connectivity index (χ0n) is 8.97. The summed E-state index contributed by atoms with van der Waals surface area (Å²) >= 11 is 0. The highest BCUT2D eigenvalue weighted by Gasteiger charge is 2.22. The summed E-state index contributed by atoms with van der Waals surface area (Å²) < 4.78 is 0. The summed E-state index contributed by atoms with van der Waals surface area (Å²) in [5.74, 6) is 0. The minimum atomic E-state index is 0.326. The van der Waals surface area contributed by atoms with Gasteiger partial charge in [0.25, 0.3) is 0 Å². The number of hydrogen-bond acceptors (Lipinski definition) is 2. The molecule has 0 aliphatic heterocycles. The van der Waals surface area contributed by atoms with Crippen LogP contribution in [0.2, 0.25) is 0 Å². The van der Waals surface area contributed by atoms with Gasteiger partial charge in [-0.15, -0.1) is 0 Å². The van der Waals surface area contributed by atoms with Gasteiger partial charge in [-0.3, -0.25) is 0 Å². The third-order valence-electron chi connectivity index (χ3n) is 2.99. The fourth-order valence-electron chi connectivity index (χ4n) is 1.68. The fourth-order valence-corrected chi connectivity index (χ4v) is 1.68. The van der Waals surface area contributed by atoms with E-state index in [0.717, 1.165) is 25.4 Å². The van der Waals surface area contributed by atoms with Gasteiger partial charge in [-0.2, -0.15) is 0 Å². The Morgan fingerprint density at radius 2 is 2.08 bits per heavy atom. The minimum absolute atomic E-state index is 0.326. The summed E-state index contributed by atoms with van der Waals surface area (Å²) in [5.41, 5.74) is 0.346. The van der Waals surface area contributed by atoms with E-state index in [1.807, 2.05) is 0 Å². The second-order valence-electron chi connectivity index (χ2n) is 5.00. The van der Waals surface area contributed by atoms with Crippen molar-refractivity contribution in [2.24, 2.45) is 5.41 Å². The Hall–Kier alpha value is -0.0800. The first-order valence-corrected chi connectivity index (χ1v) is 5.48. The van der Waals surface area contributed by atoms with E-state index < -0.39 is 0 Å². The predicted molar refractivity (Wildman–Crippen MR) is 55.7 cm³/mol. The zero-order valence-corrected chi connectivity index (χ0v) is 8.97. The Bertz CT molecular complexity index is 141. The molecule has 1 aliphatic rings. The summed E-state index contributed by atoms with van der Waals surface area (Å²) in [6.07, 6.45) is 6.16. The first-order chi connectivity index (χ1) is 6.14. The number of aliphatic hydroxyl groups is 1. The van der Waals surface area contributed by atoms with Gasteiger partial charge in [0.1, 0.15) is 0 Å². The van der Waals surface area contributed by atoms with E-state index in [-0.39, 0.29) is 0 Å². The molecule has 0 unspecified atom stereocenters. The number of hydrogen-bond donors (Lipinski definition) is 2. The third kappa shape index (κ3) is 4.10. The molecule has 0 amide bonds. The highest BCUT2D eigenvalue weighted by molar-refractivity contribution is 4.80. The highest BCUT2D eigenvalue weighted by Crippen LogP contribution is 2.24. The maximum atomic E-state index is 8.74. The fraction of sp³-hybridized carbons (Fsp3) is 1.00. The summed E-state index contributed by atoms with van der Waals surface area (Å²) in [7, 11) is 0. The maximum absolute atomic E-state index is 8.74. The molecule has 1 fully saturated rings. The van der Waals surface area contributed by atoms with Crippen molar-refractivity contribution in [2.75, 3.05) is 13.2 Å². The molecule has 0 aromatic carbocycles. The SMILES string of the molecule is CC(C)(CCCO)CNC1CCC1. The van der Waals surface area contributed by atoms with Crippen LogP contribution in [-0.2, 0) is 0 Å². The van der Waals surface area contributed by atoms with E-state index in [1.165, 1.54) is 19.3 Å². The zero-order chi connectivity index (χ0) is 9.73. The molecule has 0 spiro atoms. The Balaban J connectivity index is 2.08. The lowest BCUT2D eigenvalue weighted by molar-refractivity contribution is 0.219. The largest absolute Gasteiger partial charge is 0.396 e. The minimum Gasteiger partial charge on any atom is -0.396 e. The van der Waals surface area contributed by atoms with Crippen molar-refractivity contribution in [3.05, 3.63) is 0 Å². The van der Waals surface area contributed by atoms with E-state index in [0.29, 0.717) is 12.0 Å². The second-order valence-corrected chi connectivity index (χ2v) is 5.00. The average molecular weight is 185 g/mol. The molecular formula is C11H23NO. The van der Waals surface area contributed by atoms with Crippen LogP contribution in [0.1, 0.15) is 46.0 Å². The van der Waals surface area contributed by atoms with Gasteiger partial charge in [0.15, 0.2) is 0 Å². The van der Waals surface area contributed by atoms with E-state index in [4.69, 9.17) is 5.11 Å². The van der Waals surface area contributed by atoms with Crippen LogP contribution >= 0.6 is 0 Å². The quantitative estimate of drug-likeness (QED) is 0.662. The molecule has 2 heteroatoms. The number of aliphatic hydroxyl groups excluding tert-OH is 1. The van der Waals surface area contributed by atoms with E-state index in [9.17, 15) is 0 Å². The molecule has 2 N–H and O–H groups in total. The van der Waals surface area contributed by atoms with Crippen LogP contribution in [0.5, 0.6) is 0 Å². The first kappa shape index (κ1) is 11.0. The molecule has 78 valence electrons. The van der Waals surface area contributed by atoms with Crippen molar-refractivity contribution in [1.82, 2.24) is 5.32 Å². The molecule has 1 rings (SSSR count). The number of rotatable bonds is 6. The topological polar surface area (TPSA) is 32.3 Å². The van der Waals surface area contributed by atoms with Gasteiger partial charge in [0.05, 0.1) is 0 Å². The van der Waals surface area contributed by atoms with Gasteiger partial charge >= 0.3 is 0 Å². The van der Waals surface area contributed by atoms with Gasteiger partial charge in [0, 0.05) is 19.2 Å². The average Bonchev–Trinajstić information content (AvgIpc) is 1.98. The molecule has 0 aromatic heterocycles. The van der Waals surface area contributed by atoms with Crippen molar-refractivity contribution >= 4 is 0 Å². The van der Waals surface area contributed by atoms with E-state index in [1.54, 1.807) is 0 Å². The van der Waals surface area contributed by atoms with Gasteiger partial charge in [-0.25, -0.2) is 0 Å². The second kappa shape index (κ2) is 4.97. The third-order valence-corrected chi connectivity index (χ3v) is 2.99. The summed E-state index contributed by atoms with van der Waals surface area (Å²) in [6.45, 7) is 5.97. The van der Waals surface area contributed by atoms with Crippen LogP contribution in [0, 0.1) is 5.41 Å². The molecule has 0 heterocycles. The molecule has 1 saturated carbocycles. The molecule has 0 saturated heterocycles. The monoisotopic (exact) mass is 185 g/mol.